The van der Waals surface area contributed by atoms with E-state index in [1.807, 2.05) is 7.05 Å². The molecule has 102 valence electrons. The molecule has 0 rings (SSSR count). The fraction of sp³-hybridized carbons (Fsp3) is 0.923. The van der Waals surface area contributed by atoms with E-state index in [0.29, 0.717) is 0 Å². The minimum absolute atomic E-state index is 0.742. The molecule has 4 heteroatoms. The zero-order valence-electron chi connectivity index (χ0n) is 12.2. The van der Waals surface area contributed by atoms with E-state index in [9.17, 15) is 0 Å². The van der Waals surface area contributed by atoms with Crippen LogP contribution in [0.1, 0.15) is 33.6 Å². The van der Waals surface area contributed by atoms with Crippen LogP contribution in [0.4, 0.5) is 0 Å². The minimum atomic E-state index is 0.742. The van der Waals surface area contributed by atoms with Crippen molar-refractivity contribution in [2.45, 2.75) is 33.6 Å². The Morgan fingerprint density at radius 3 is 2.29 bits per heavy atom. The molecule has 0 radical (unpaired) electrons. The Hall–Kier alpha value is -0.770. The van der Waals surface area contributed by atoms with Gasteiger partial charge in [-0.15, -0.1) is 0 Å². The first-order chi connectivity index (χ1) is 8.17. The highest BCUT2D eigenvalue weighted by Crippen LogP contribution is 2.04. The summed E-state index contributed by atoms with van der Waals surface area (Å²) in [6.45, 7) is 10.7. The monoisotopic (exact) mass is 242 g/mol. The first-order valence-corrected chi connectivity index (χ1v) is 6.80. The van der Waals surface area contributed by atoms with Crippen molar-refractivity contribution in [3.05, 3.63) is 0 Å². The molecule has 0 saturated heterocycles. The maximum absolute atomic E-state index is 4.23. The van der Waals surface area contributed by atoms with Crippen molar-refractivity contribution in [2.24, 2.45) is 10.9 Å². The van der Waals surface area contributed by atoms with Gasteiger partial charge in [-0.05, 0) is 19.5 Å². The van der Waals surface area contributed by atoms with Crippen LogP contribution in [0.25, 0.3) is 0 Å². The molecule has 0 aliphatic rings. The molecule has 0 spiro atoms. The normalized spacial score (nSPS) is 12.3. The summed E-state index contributed by atoms with van der Waals surface area (Å²) in [6, 6.07) is 0. The summed E-state index contributed by atoms with van der Waals surface area (Å²) in [7, 11) is 3.95. The zero-order chi connectivity index (χ0) is 13.1. The Balaban J connectivity index is 3.78. The molecule has 0 heterocycles. The Labute approximate surface area is 107 Å². The topological polar surface area (TPSA) is 39.7 Å². The molecule has 0 unspecified atom stereocenters. The van der Waals surface area contributed by atoms with Gasteiger partial charge in [0.25, 0.3) is 0 Å². The second kappa shape index (κ2) is 10.4. The van der Waals surface area contributed by atoms with Crippen molar-refractivity contribution in [1.29, 1.82) is 0 Å². The van der Waals surface area contributed by atoms with Crippen LogP contribution in [-0.2, 0) is 0 Å². The van der Waals surface area contributed by atoms with Crippen molar-refractivity contribution in [2.75, 3.05) is 40.3 Å². The predicted molar refractivity (Wildman–Crippen MR) is 76.6 cm³/mol. The lowest BCUT2D eigenvalue weighted by Gasteiger charge is -2.18. The van der Waals surface area contributed by atoms with E-state index >= 15 is 0 Å². The largest absolute Gasteiger partial charge is 0.356 e. The van der Waals surface area contributed by atoms with Crippen molar-refractivity contribution in [3.63, 3.8) is 0 Å². The van der Waals surface area contributed by atoms with Crippen LogP contribution in [0.2, 0.25) is 0 Å². The molecule has 0 saturated carbocycles. The molecule has 0 aliphatic heterocycles. The van der Waals surface area contributed by atoms with Gasteiger partial charge in [-0.25, -0.2) is 0 Å². The highest BCUT2D eigenvalue weighted by Gasteiger charge is 2.04. The minimum Gasteiger partial charge on any atom is -0.356 e. The predicted octanol–water partition coefficient (Wildman–Crippen LogP) is 1.54. The summed E-state index contributed by atoms with van der Waals surface area (Å²) in [6.07, 6.45) is 2.44. The summed E-state index contributed by atoms with van der Waals surface area (Å²) in [5, 5.41) is 6.72. The molecule has 0 fully saturated rings. The van der Waals surface area contributed by atoms with Crippen molar-refractivity contribution in [1.82, 2.24) is 15.5 Å². The van der Waals surface area contributed by atoms with Gasteiger partial charge in [-0.1, -0.05) is 33.6 Å². The van der Waals surface area contributed by atoms with Gasteiger partial charge in [0, 0.05) is 26.7 Å². The van der Waals surface area contributed by atoms with E-state index < -0.39 is 0 Å². The SMILES string of the molecule is CCC(CC)CNC(=NC)NCCN(C)CC. The molecule has 0 aromatic heterocycles. The fourth-order valence-corrected chi connectivity index (χ4v) is 1.56. The summed E-state index contributed by atoms with van der Waals surface area (Å²) < 4.78 is 0. The van der Waals surface area contributed by atoms with Gasteiger partial charge in [0.05, 0.1) is 0 Å². The summed E-state index contributed by atoms with van der Waals surface area (Å²) in [5.74, 6) is 1.66. The third-order valence-electron chi connectivity index (χ3n) is 3.26. The van der Waals surface area contributed by atoms with Crippen LogP contribution >= 0.6 is 0 Å². The third kappa shape index (κ3) is 8.02. The fourth-order valence-electron chi connectivity index (χ4n) is 1.56. The highest BCUT2D eigenvalue weighted by atomic mass is 15.2. The van der Waals surface area contributed by atoms with Crippen molar-refractivity contribution < 1.29 is 0 Å². The van der Waals surface area contributed by atoms with Crippen LogP contribution in [0.15, 0.2) is 4.99 Å². The van der Waals surface area contributed by atoms with E-state index in [4.69, 9.17) is 0 Å². The van der Waals surface area contributed by atoms with Gasteiger partial charge in [0.1, 0.15) is 0 Å². The summed E-state index contributed by atoms with van der Waals surface area (Å²) in [4.78, 5) is 6.51. The third-order valence-corrected chi connectivity index (χ3v) is 3.26. The van der Waals surface area contributed by atoms with Gasteiger partial charge < -0.3 is 15.5 Å². The van der Waals surface area contributed by atoms with Crippen LogP contribution in [0, 0.1) is 5.92 Å². The first-order valence-electron chi connectivity index (χ1n) is 6.80. The molecule has 0 bridgehead atoms. The summed E-state index contributed by atoms with van der Waals surface area (Å²) in [5.41, 5.74) is 0. The van der Waals surface area contributed by atoms with Crippen molar-refractivity contribution in [3.8, 4) is 0 Å². The molecular formula is C13H30N4. The lowest BCUT2D eigenvalue weighted by atomic mass is 10.0. The average Bonchev–Trinajstić information content (AvgIpc) is 2.37. The Morgan fingerprint density at radius 1 is 1.18 bits per heavy atom. The number of guanidine groups is 1. The number of hydrogen-bond donors (Lipinski definition) is 2. The molecule has 0 aromatic rings. The van der Waals surface area contributed by atoms with Gasteiger partial charge in [-0.3, -0.25) is 4.99 Å². The molecule has 4 nitrogen and oxygen atoms in total. The van der Waals surface area contributed by atoms with Gasteiger partial charge in [0.15, 0.2) is 5.96 Å². The van der Waals surface area contributed by atoms with Crippen LogP contribution in [0.3, 0.4) is 0 Å². The molecular weight excluding hydrogens is 212 g/mol. The zero-order valence-corrected chi connectivity index (χ0v) is 12.2. The standard InChI is InChI=1S/C13H30N4/c1-6-12(7-2)11-16-13(14-4)15-9-10-17(5)8-3/h12H,6-11H2,1-5H3,(H2,14,15,16). The number of nitrogens with zero attached hydrogens (tertiary/aromatic N) is 2. The number of hydrogen-bond acceptors (Lipinski definition) is 2. The van der Waals surface area contributed by atoms with Gasteiger partial charge in [0.2, 0.25) is 0 Å². The maximum atomic E-state index is 4.23. The average molecular weight is 242 g/mol. The molecule has 2 N–H and O–H groups in total. The molecule has 17 heavy (non-hydrogen) atoms. The smallest absolute Gasteiger partial charge is 0.191 e. The quantitative estimate of drug-likeness (QED) is 0.501. The van der Waals surface area contributed by atoms with Gasteiger partial charge in [-0.2, -0.15) is 0 Å². The first kappa shape index (κ1) is 16.2. The number of aliphatic imine (C=N–C) groups is 1. The van der Waals surface area contributed by atoms with Crippen LogP contribution < -0.4 is 10.6 Å². The van der Waals surface area contributed by atoms with E-state index in [1.54, 1.807) is 0 Å². The molecule has 0 amide bonds. The van der Waals surface area contributed by atoms with E-state index in [1.165, 1.54) is 12.8 Å². The Morgan fingerprint density at radius 2 is 1.82 bits per heavy atom. The van der Waals surface area contributed by atoms with Crippen LogP contribution in [0.5, 0.6) is 0 Å². The number of rotatable bonds is 8. The molecule has 0 aliphatic carbocycles. The second-order valence-electron chi connectivity index (χ2n) is 4.46. The van der Waals surface area contributed by atoms with E-state index in [-0.39, 0.29) is 0 Å². The number of likely N-dealkylation sites (N-methyl/N-ethyl adjacent to an activating group) is 1. The maximum Gasteiger partial charge on any atom is 0.191 e. The highest BCUT2D eigenvalue weighted by molar-refractivity contribution is 5.79. The van der Waals surface area contributed by atoms with Gasteiger partial charge >= 0.3 is 0 Å². The van der Waals surface area contributed by atoms with Crippen LogP contribution in [-0.4, -0.2) is 51.1 Å². The lowest BCUT2D eigenvalue weighted by Crippen LogP contribution is -2.42. The Bertz CT molecular complexity index is 200. The van der Waals surface area contributed by atoms with E-state index in [2.05, 4.69) is 48.3 Å². The summed E-state index contributed by atoms with van der Waals surface area (Å²) >= 11 is 0. The van der Waals surface area contributed by atoms with Crippen molar-refractivity contribution >= 4 is 5.96 Å². The molecule has 0 aromatic carbocycles. The lowest BCUT2D eigenvalue weighted by molar-refractivity contribution is 0.357. The molecule has 0 atom stereocenters. The second-order valence-corrected chi connectivity index (χ2v) is 4.46. The number of nitrogens with one attached hydrogen (secondary N) is 2. The van der Waals surface area contributed by atoms with E-state index in [0.717, 1.165) is 38.1 Å². The Kier molecular flexibility index (Phi) is 9.92.